The third-order valence-corrected chi connectivity index (χ3v) is 4.17. The van der Waals surface area contributed by atoms with E-state index < -0.39 is 0 Å². The van der Waals surface area contributed by atoms with Gasteiger partial charge in [-0.05, 0) is 26.4 Å². The van der Waals surface area contributed by atoms with Gasteiger partial charge in [-0.25, -0.2) is 0 Å². The van der Waals surface area contributed by atoms with Crippen LogP contribution in [0, 0.1) is 0 Å². The van der Waals surface area contributed by atoms with Crippen LogP contribution < -0.4 is 5.32 Å². The Labute approximate surface area is 126 Å². The topological polar surface area (TPSA) is 41.3 Å². The molecule has 1 aromatic carbocycles. The van der Waals surface area contributed by atoms with Crippen molar-refractivity contribution in [2.24, 2.45) is 0 Å². The summed E-state index contributed by atoms with van der Waals surface area (Å²) in [7, 11) is 2.02. The Morgan fingerprint density at radius 3 is 2.95 bits per heavy atom. The van der Waals surface area contributed by atoms with Crippen LogP contribution in [0.15, 0.2) is 40.9 Å². The summed E-state index contributed by atoms with van der Waals surface area (Å²) in [5.74, 6) is 0.854. The van der Waals surface area contributed by atoms with Crippen molar-refractivity contribution in [1.82, 2.24) is 15.4 Å². The van der Waals surface area contributed by atoms with Crippen LogP contribution in [0.4, 0.5) is 0 Å². The quantitative estimate of drug-likeness (QED) is 0.917. The summed E-state index contributed by atoms with van der Waals surface area (Å²) in [4.78, 5) is 2.52. The van der Waals surface area contributed by atoms with Crippen LogP contribution >= 0.6 is 0 Å². The number of rotatable bonds is 5. The number of nitrogens with zero attached hydrogens (tertiary/aromatic N) is 2. The zero-order valence-corrected chi connectivity index (χ0v) is 12.6. The maximum absolute atomic E-state index is 5.50. The molecule has 1 unspecified atom stereocenters. The van der Waals surface area contributed by atoms with Crippen molar-refractivity contribution < 1.29 is 4.52 Å². The molecule has 1 atom stereocenters. The summed E-state index contributed by atoms with van der Waals surface area (Å²) in [6.07, 6.45) is 3.88. The van der Waals surface area contributed by atoms with Crippen molar-refractivity contribution in [1.29, 1.82) is 0 Å². The highest BCUT2D eigenvalue weighted by molar-refractivity contribution is 5.56. The third kappa shape index (κ3) is 3.52. The second-order valence-electron chi connectivity index (χ2n) is 5.73. The number of nitrogens with one attached hydrogen (secondary N) is 1. The highest BCUT2D eigenvalue weighted by Gasteiger charge is 2.22. The van der Waals surface area contributed by atoms with E-state index >= 15 is 0 Å². The second kappa shape index (κ2) is 6.87. The molecule has 0 bridgehead atoms. The fourth-order valence-corrected chi connectivity index (χ4v) is 3.07. The number of aromatic nitrogens is 1. The van der Waals surface area contributed by atoms with Gasteiger partial charge in [0, 0.05) is 30.8 Å². The van der Waals surface area contributed by atoms with Gasteiger partial charge in [-0.15, -0.1) is 0 Å². The normalized spacial score (nSPS) is 19.8. The Kier molecular flexibility index (Phi) is 4.68. The minimum absolute atomic E-state index is 0.612. The molecule has 1 aromatic heterocycles. The highest BCUT2D eigenvalue weighted by atomic mass is 16.5. The van der Waals surface area contributed by atoms with Crippen molar-refractivity contribution in [3.8, 4) is 11.3 Å². The molecule has 0 spiro atoms. The fraction of sp³-hybridized carbons (Fsp3) is 0.471. The lowest BCUT2D eigenvalue weighted by atomic mass is 10.0. The molecule has 0 saturated carbocycles. The SMILES string of the molecule is CNCC1CCCCN1Cc1cc(-c2ccccc2)on1. The summed E-state index contributed by atoms with van der Waals surface area (Å²) in [6, 6.07) is 12.8. The average Bonchev–Trinajstić information content (AvgIpc) is 2.99. The average molecular weight is 285 g/mol. The van der Waals surface area contributed by atoms with E-state index in [1.807, 2.05) is 25.2 Å². The van der Waals surface area contributed by atoms with E-state index in [0.717, 1.165) is 36.7 Å². The van der Waals surface area contributed by atoms with Crippen LogP contribution in [0.3, 0.4) is 0 Å². The largest absolute Gasteiger partial charge is 0.356 e. The molecule has 4 heteroatoms. The Bertz CT molecular complexity index is 550. The fourth-order valence-electron chi connectivity index (χ4n) is 3.07. The minimum Gasteiger partial charge on any atom is -0.356 e. The molecule has 3 rings (SSSR count). The molecule has 4 nitrogen and oxygen atoms in total. The van der Waals surface area contributed by atoms with Gasteiger partial charge in [-0.1, -0.05) is 41.9 Å². The second-order valence-corrected chi connectivity index (χ2v) is 5.73. The first kappa shape index (κ1) is 14.3. The lowest BCUT2D eigenvalue weighted by Gasteiger charge is -2.35. The monoisotopic (exact) mass is 285 g/mol. The summed E-state index contributed by atoms with van der Waals surface area (Å²) in [5.41, 5.74) is 2.11. The van der Waals surface area contributed by atoms with Crippen molar-refractivity contribution in [3.63, 3.8) is 0 Å². The van der Waals surface area contributed by atoms with E-state index in [-0.39, 0.29) is 0 Å². The standard InChI is InChI=1S/C17H23N3O/c1-18-12-16-9-5-6-10-20(16)13-15-11-17(21-19-15)14-7-3-2-4-8-14/h2-4,7-8,11,16,18H,5-6,9-10,12-13H2,1H3. The molecule has 1 aliphatic heterocycles. The number of likely N-dealkylation sites (tertiary alicyclic amines) is 1. The zero-order valence-electron chi connectivity index (χ0n) is 12.6. The van der Waals surface area contributed by atoms with E-state index in [2.05, 4.69) is 33.6 Å². The van der Waals surface area contributed by atoms with Crippen LogP contribution in [0.5, 0.6) is 0 Å². The smallest absolute Gasteiger partial charge is 0.167 e. The number of hydrogen-bond donors (Lipinski definition) is 1. The molecule has 1 N–H and O–H groups in total. The van der Waals surface area contributed by atoms with Gasteiger partial charge in [-0.2, -0.15) is 0 Å². The molecular weight excluding hydrogens is 262 g/mol. The van der Waals surface area contributed by atoms with Gasteiger partial charge in [0.2, 0.25) is 0 Å². The number of hydrogen-bond acceptors (Lipinski definition) is 4. The van der Waals surface area contributed by atoms with Crippen LogP contribution in [-0.2, 0) is 6.54 Å². The Hall–Kier alpha value is -1.65. The van der Waals surface area contributed by atoms with E-state index in [1.165, 1.54) is 19.3 Å². The first-order chi connectivity index (χ1) is 10.4. The van der Waals surface area contributed by atoms with Crippen LogP contribution in [0.1, 0.15) is 25.0 Å². The number of piperidine rings is 1. The molecule has 0 aliphatic carbocycles. The van der Waals surface area contributed by atoms with Crippen molar-refractivity contribution >= 4 is 0 Å². The summed E-state index contributed by atoms with van der Waals surface area (Å²) in [5, 5.41) is 7.54. The molecule has 0 radical (unpaired) electrons. The van der Waals surface area contributed by atoms with Gasteiger partial charge >= 0.3 is 0 Å². The summed E-state index contributed by atoms with van der Waals surface area (Å²) >= 11 is 0. The molecule has 112 valence electrons. The van der Waals surface area contributed by atoms with Crippen molar-refractivity contribution in [2.75, 3.05) is 20.1 Å². The molecule has 2 heterocycles. The molecule has 1 aliphatic rings. The predicted molar refractivity (Wildman–Crippen MR) is 83.9 cm³/mol. The maximum Gasteiger partial charge on any atom is 0.167 e. The van der Waals surface area contributed by atoms with Gasteiger partial charge in [-0.3, -0.25) is 4.90 Å². The van der Waals surface area contributed by atoms with Gasteiger partial charge in [0.25, 0.3) is 0 Å². The molecule has 0 amide bonds. The molecule has 1 saturated heterocycles. The van der Waals surface area contributed by atoms with Gasteiger partial charge in [0.1, 0.15) is 0 Å². The van der Waals surface area contributed by atoms with E-state index in [1.54, 1.807) is 0 Å². The summed E-state index contributed by atoms with van der Waals surface area (Å²) < 4.78 is 5.50. The minimum atomic E-state index is 0.612. The number of benzene rings is 1. The third-order valence-electron chi connectivity index (χ3n) is 4.17. The molecule has 21 heavy (non-hydrogen) atoms. The lowest BCUT2D eigenvalue weighted by molar-refractivity contribution is 0.136. The van der Waals surface area contributed by atoms with Gasteiger partial charge in [0.05, 0.1) is 5.69 Å². The van der Waals surface area contributed by atoms with Gasteiger partial charge in [0.15, 0.2) is 5.76 Å². The first-order valence-electron chi connectivity index (χ1n) is 7.76. The van der Waals surface area contributed by atoms with Crippen molar-refractivity contribution in [3.05, 3.63) is 42.1 Å². The van der Waals surface area contributed by atoms with Crippen LogP contribution in [0.25, 0.3) is 11.3 Å². The van der Waals surface area contributed by atoms with E-state index in [4.69, 9.17) is 4.52 Å². The molecule has 2 aromatic rings. The molecule has 1 fully saturated rings. The van der Waals surface area contributed by atoms with Crippen LogP contribution in [0.2, 0.25) is 0 Å². The molecular formula is C17H23N3O. The van der Waals surface area contributed by atoms with Crippen molar-refractivity contribution in [2.45, 2.75) is 31.8 Å². The Morgan fingerprint density at radius 1 is 1.29 bits per heavy atom. The first-order valence-corrected chi connectivity index (χ1v) is 7.76. The predicted octanol–water partition coefficient (Wildman–Crippen LogP) is 2.92. The lowest BCUT2D eigenvalue weighted by Crippen LogP contribution is -2.44. The number of likely N-dealkylation sites (N-methyl/N-ethyl adjacent to an activating group) is 1. The highest BCUT2D eigenvalue weighted by Crippen LogP contribution is 2.23. The maximum atomic E-state index is 5.50. The van der Waals surface area contributed by atoms with Crippen LogP contribution in [-0.4, -0.2) is 36.2 Å². The summed E-state index contributed by atoms with van der Waals surface area (Å²) in [6.45, 7) is 3.08. The zero-order chi connectivity index (χ0) is 14.5. The van der Waals surface area contributed by atoms with E-state index in [9.17, 15) is 0 Å². The Morgan fingerprint density at radius 2 is 2.14 bits per heavy atom. The van der Waals surface area contributed by atoms with Gasteiger partial charge < -0.3 is 9.84 Å². The van der Waals surface area contributed by atoms with E-state index in [0.29, 0.717) is 6.04 Å². The Balaban J connectivity index is 1.69.